The number of fused-ring (bicyclic) bond motifs is 1. The molecule has 1 aromatic heterocycles. The number of benzene rings is 2. The molecule has 0 saturated heterocycles. The molecule has 1 amide bonds. The summed E-state index contributed by atoms with van der Waals surface area (Å²) in [5.41, 5.74) is 3.32. The van der Waals surface area contributed by atoms with Crippen molar-refractivity contribution < 1.29 is 9.53 Å². The van der Waals surface area contributed by atoms with E-state index in [1.807, 2.05) is 49.4 Å². The number of carbonyl (C=O) groups is 1. The van der Waals surface area contributed by atoms with Gasteiger partial charge in [-0.05, 0) is 44.0 Å². The summed E-state index contributed by atoms with van der Waals surface area (Å²) < 4.78 is 7.71. The fraction of sp³-hybridized carbons (Fsp3) is 0.333. The van der Waals surface area contributed by atoms with Gasteiger partial charge in [0.05, 0.1) is 11.0 Å². The summed E-state index contributed by atoms with van der Waals surface area (Å²) in [6.45, 7) is 7.61. The Labute approximate surface area is 172 Å². The molecule has 0 fully saturated rings. The summed E-state index contributed by atoms with van der Waals surface area (Å²) >= 11 is 0. The minimum Gasteiger partial charge on any atom is -0.484 e. The van der Waals surface area contributed by atoms with Crippen LogP contribution in [0.25, 0.3) is 11.0 Å². The number of rotatable bonds is 11. The van der Waals surface area contributed by atoms with E-state index >= 15 is 0 Å². The van der Waals surface area contributed by atoms with E-state index in [9.17, 15) is 4.79 Å². The maximum absolute atomic E-state index is 11.9. The van der Waals surface area contributed by atoms with Crippen LogP contribution in [-0.4, -0.2) is 28.6 Å². The minimum absolute atomic E-state index is 0.0505. The Morgan fingerprint density at radius 3 is 2.62 bits per heavy atom. The molecule has 0 aliphatic rings. The number of unbranched alkanes of at least 4 members (excludes halogenated alkanes) is 2. The average Bonchev–Trinajstić information content (AvgIpc) is 3.06. The Bertz CT molecular complexity index is 947. The van der Waals surface area contributed by atoms with Gasteiger partial charge in [0.1, 0.15) is 11.6 Å². The second kappa shape index (κ2) is 10.5. The first-order chi connectivity index (χ1) is 14.1. The van der Waals surface area contributed by atoms with Crippen molar-refractivity contribution in [3.05, 3.63) is 72.6 Å². The number of imidazole rings is 1. The van der Waals surface area contributed by atoms with Crippen LogP contribution in [0.5, 0.6) is 5.75 Å². The Morgan fingerprint density at radius 1 is 1.07 bits per heavy atom. The van der Waals surface area contributed by atoms with Gasteiger partial charge in [-0.25, -0.2) is 4.98 Å². The van der Waals surface area contributed by atoms with Gasteiger partial charge in [-0.3, -0.25) is 4.79 Å². The minimum atomic E-state index is -0.0860. The standard InChI is InChI=1S/C24H29N3O2/c1-19(2)17-27-22-14-9-8-13-21(22)26-23(27)15-7-4-10-16-25-24(28)18-29-20-11-5-3-6-12-20/h3,5-6,8-9,11-14H,1,4,7,10,15-18H2,2H3,(H,25,28). The fourth-order valence-electron chi connectivity index (χ4n) is 3.29. The van der Waals surface area contributed by atoms with Crippen LogP contribution in [0.2, 0.25) is 0 Å². The van der Waals surface area contributed by atoms with Gasteiger partial charge >= 0.3 is 0 Å². The molecule has 0 aliphatic heterocycles. The highest BCUT2D eigenvalue weighted by Crippen LogP contribution is 2.19. The predicted octanol–water partition coefficient (Wildman–Crippen LogP) is 4.52. The van der Waals surface area contributed by atoms with Crippen molar-refractivity contribution >= 4 is 16.9 Å². The molecule has 0 spiro atoms. The Hall–Kier alpha value is -3.08. The van der Waals surface area contributed by atoms with Gasteiger partial charge in [-0.2, -0.15) is 0 Å². The van der Waals surface area contributed by atoms with Gasteiger partial charge < -0.3 is 14.6 Å². The van der Waals surface area contributed by atoms with Gasteiger partial charge in [0, 0.05) is 19.5 Å². The lowest BCUT2D eigenvalue weighted by Crippen LogP contribution is -2.29. The van der Waals surface area contributed by atoms with Crippen molar-refractivity contribution in [1.82, 2.24) is 14.9 Å². The number of hydrogen-bond acceptors (Lipinski definition) is 3. The van der Waals surface area contributed by atoms with Crippen molar-refractivity contribution in [2.45, 2.75) is 39.2 Å². The molecule has 3 aromatic rings. The molecule has 0 radical (unpaired) electrons. The first kappa shape index (κ1) is 20.6. The van der Waals surface area contributed by atoms with E-state index in [0.717, 1.165) is 54.7 Å². The van der Waals surface area contributed by atoms with E-state index < -0.39 is 0 Å². The fourth-order valence-corrected chi connectivity index (χ4v) is 3.29. The number of carbonyl (C=O) groups excluding carboxylic acids is 1. The van der Waals surface area contributed by atoms with Crippen LogP contribution >= 0.6 is 0 Å². The van der Waals surface area contributed by atoms with E-state index in [1.165, 1.54) is 0 Å². The van der Waals surface area contributed by atoms with Gasteiger partial charge in [0.15, 0.2) is 6.61 Å². The topological polar surface area (TPSA) is 56.2 Å². The number of ether oxygens (including phenoxy) is 1. The maximum Gasteiger partial charge on any atom is 0.257 e. The van der Waals surface area contributed by atoms with Crippen LogP contribution in [0, 0.1) is 0 Å². The Kier molecular flexibility index (Phi) is 7.45. The van der Waals surface area contributed by atoms with Crippen molar-refractivity contribution in [1.29, 1.82) is 0 Å². The highest BCUT2D eigenvalue weighted by molar-refractivity contribution is 5.77. The summed E-state index contributed by atoms with van der Waals surface area (Å²) in [6, 6.07) is 17.6. The predicted molar refractivity (Wildman–Crippen MR) is 117 cm³/mol. The van der Waals surface area contributed by atoms with E-state index in [1.54, 1.807) is 0 Å². The van der Waals surface area contributed by atoms with Crippen LogP contribution in [0.15, 0.2) is 66.7 Å². The molecule has 1 heterocycles. The van der Waals surface area contributed by atoms with Gasteiger partial charge in [0.25, 0.3) is 5.91 Å². The molecular formula is C24H29N3O2. The molecule has 2 aromatic carbocycles. The third-order valence-corrected chi connectivity index (χ3v) is 4.67. The first-order valence-corrected chi connectivity index (χ1v) is 10.2. The first-order valence-electron chi connectivity index (χ1n) is 10.2. The second-order valence-corrected chi connectivity index (χ2v) is 7.32. The summed E-state index contributed by atoms with van der Waals surface area (Å²) in [6.07, 6.45) is 3.94. The lowest BCUT2D eigenvalue weighted by atomic mass is 10.2. The number of amides is 1. The van der Waals surface area contributed by atoms with E-state index in [4.69, 9.17) is 9.72 Å². The normalized spacial score (nSPS) is 10.8. The molecule has 152 valence electrons. The van der Waals surface area contributed by atoms with Crippen LogP contribution in [0.1, 0.15) is 32.0 Å². The molecule has 0 saturated carbocycles. The number of nitrogens with one attached hydrogen (secondary N) is 1. The van der Waals surface area contributed by atoms with Gasteiger partial charge in [0.2, 0.25) is 0 Å². The molecule has 0 unspecified atom stereocenters. The zero-order valence-corrected chi connectivity index (χ0v) is 17.1. The van der Waals surface area contributed by atoms with Crippen LogP contribution < -0.4 is 10.1 Å². The molecule has 0 bridgehead atoms. The van der Waals surface area contributed by atoms with Gasteiger partial charge in [-0.15, -0.1) is 0 Å². The molecule has 0 atom stereocenters. The van der Waals surface area contributed by atoms with Crippen LogP contribution in [-0.2, 0) is 17.8 Å². The maximum atomic E-state index is 11.9. The molecule has 1 N–H and O–H groups in total. The summed E-state index contributed by atoms with van der Waals surface area (Å²) in [4.78, 5) is 16.7. The average molecular weight is 392 g/mol. The highest BCUT2D eigenvalue weighted by atomic mass is 16.5. The lowest BCUT2D eigenvalue weighted by Gasteiger charge is -2.09. The SMILES string of the molecule is C=C(C)Cn1c(CCCCCNC(=O)COc2ccccc2)nc2ccccc21. The largest absolute Gasteiger partial charge is 0.484 e. The number of nitrogens with zero attached hydrogens (tertiary/aromatic N) is 2. The van der Waals surface area contributed by atoms with Gasteiger partial charge in [-0.1, -0.05) is 48.9 Å². The Morgan fingerprint density at radius 2 is 1.83 bits per heavy atom. The van der Waals surface area contributed by atoms with Crippen molar-refractivity contribution in [2.75, 3.05) is 13.2 Å². The van der Waals surface area contributed by atoms with Crippen molar-refractivity contribution in [2.24, 2.45) is 0 Å². The van der Waals surface area contributed by atoms with Crippen LogP contribution in [0.4, 0.5) is 0 Å². The van der Waals surface area contributed by atoms with E-state index in [-0.39, 0.29) is 12.5 Å². The highest BCUT2D eigenvalue weighted by Gasteiger charge is 2.10. The zero-order valence-electron chi connectivity index (χ0n) is 17.1. The molecule has 5 nitrogen and oxygen atoms in total. The number of aromatic nitrogens is 2. The van der Waals surface area contributed by atoms with Crippen LogP contribution in [0.3, 0.4) is 0 Å². The summed E-state index contributed by atoms with van der Waals surface area (Å²) in [5.74, 6) is 1.73. The molecule has 5 heteroatoms. The number of aryl methyl sites for hydroxylation is 1. The number of allylic oxidation sites excluding steroid dienone is 1. The Balaban J connectivity index is 1.38. The second-order valence-electron chi connectivity index (χ2n) is 7.32. The smallest absolute Gasteiger partial charge is 0.257 e. The number of para-hydroxylation sites is 3. The van der Waals surface area contributed by atoms with Crippen molar-refractivity contribution in [3.63, 3.8) is 0 Å². The monoisotopic (exact) mass is 391 g/mol. The summed E-state index contributed by atoms with van der Waals surface area (Å²) in [5, 5.41) is 2.91. The van der Waals surface area contributed by atoms with E-state index in [0.29, 0.717) is 12.3 Å². The number of hydrogen-bond donors (Lipinski definition) is 1. The van der Waals surface area contributed by atoms with Crippen molar-refractivity contribution in [3.8, 4) is 5.75 Å². The lowest BCUT2D eigenvalue weighted by molar-refractivity contribution is -0.123. The third kappa shape index (κ3) is 6.21. The molecular weight excluding hydrogens is 362 g/mol. The summed E-state index contributed by atoms with van der Waals surface area (Å²) in [7, 11) is 0. The molecule has 0 aliphatic carbocycles. The molecule has 3 rings (SSSR count). The van der Waals surface area contributed by atoms with E-state index in [2.05, 4.69) is 28.6 Å². The zero-order chi connectivity index (χ0) is 20.5. The quantitative estimate of drug-likeness (QED) is 0.386. The molecule has 29 heavy (non-hydrogen) atoms. The third-order valence-electron chi connectivity index (χ3n) is 4.67.